The van der Waals surface area contributed by atoms with Crippen molar-refractivity contribution in [3.63, 3.8) is 0 Å². The Morgan fingerprint density at radius 1 is 1.15 bits per heavy atom. The van der Waals surface area contributed by atoms with E-state index in [1.165, 1.54) is 0 Å². The van der Waals surface area contributed by atoms with Gasteiger partial charge in [0.05, 0.1) is 12.2 Å². The van der Waals surface area contributed by atoms with Crippen LogP contribution in [0.1, 0.15) is 40.9 Å². The maximum absolute atomic E-state index is 12.6. The van der Waals surface area contributed by atoms with Gasteiger partial charge < -0.3 is 14.2 Å². The first-order chi connectivity index (χ1) is 12.9. The summed E-state index contributed by atoms with van der Waals surface area (Å²) in [5.41, 5.74) is 3.19. The molecule has 140 valence electrons. The van der Waals surface area contributed by atoms with Gasteiger partial charge in [-0.25, -0.2) is 4.79 Å². The third kappa shape index (κ3) is 3.87. The highest BCUT2D eigenvalue weighted by atomic mass is 16.6. The summed E-state index contributed by atoms with van der Waals surface area (Å²) in [5, 5.41) is 0. The molecule has 0 bridgehead atoms. The molecule has 0 saturated heterocycles. The van der Waals surface area contributed by atoms with E-state index in [9.17, 15) is 9.59 Å². The van der Waals surface area contributed by atoms with Crippen molar-refractivity contribution in [3.05, 3.63) is 64.4 Å². The van der Waals surface area contributed by atoms with E-state index in [4.69, 9.17) is 14.2 Å². The van der Waals surface area contributed by atoms with Crippen LogP contribution < -0.4 is 9.47 Å². The second-order valence-corrected chi connectivity index (χ2v) is 6.43. The van der Waals surface area contributed by atoms with E-state index in [0.717, 1.165) is 11.1 Å². The Hall–Kier alpha value is -3.08. The number of allylic oxidation sites excluding steroid dienone is 1. The Kier molecular flexibility index (Phi) is 5.31. The molecular formula is C22H22O5. The van der Waals surface area contributed by atoms with Gasteiger partial charge >= 0.3 is 5.97 Å². The number of carbonyl (C=O) groups excluding carboxylic acids is 2. The lowest BCUT2D eigenvalue weighted by molar-refractivity contribution is -0.150. The molecule has 0 amide bonds. The average Bonchev–Trinajstić information content (AvgIpc) is 2.96. The van der Waals surface area contributed by atoms with Crippen LogP contribution in [0.4, 0.5) is 0 Å². The van der Waals surface area contributed by atoms with Crippen LogP contribution in [0.25, 0.3) is 6.08 Å². The first-order valence-electron chi connectivity index (χ1n) is 8.88. The number of benzene rings is 2. The number of Topliss-reactive ketones (excluding diaryl/α,β-unsaturated/α-hetero) is 1. The van der Waals surface area contributed by atoms with E-state index in [0.29, 0.717) is 29.2 Å². The lowest BCUT2D eigenvalue weighted by atomic mass is 10.1. The van der Waals surface area contributed by atoms with Crippen LogP contribution in [0, 0.1) is 13.8 Å². The van der Waals surface area contributed by atoms with Crippen molar-refractivity contribution < 1.29 is 23.8 Å². The molecular weight excluding hydrogens is 344 g/mol. The molecule has 2 aromatic carbocycles. The highest BCUT2D eigenvalue weighted by molar-refractivity contribution is 6.15. The summed E-state index contributed by atoms with van der Waals surface area (Å²) in [6, 6.07) is 11.2. The third-order valence-corrected chi connectivity index (χ3v) is 4.33. The molecule has 3 rings (SSSR count). The highest BCUT2D eigenvalue weighted by Gasteiger charge is 2.30. The molecule has 0 fully saturated rings. The quantitative estimate of drug-likeness (QED) is 0.585. The lowest BCUT2D eigenvalue weighted by Gasteiger charge is -2.16. The molecule has 0 aromatic heterocycles. The maximum atomic E-state index is 12.6. The molecule has 1 unspecified atom stereocenters. The topological polar surface area (TPSA) is 61.8 Å². The number of rotatable bonds is 5. The van der Waals surface area contributed by atoms with E-state index >= 15 is 0 Å². The molecule has 5 nitrogen and oxygen atoms in total. The minimum Gasteiger partial charge on any atom is -0.479 e. The molecule has 0 N–H and O–H groups in total. The summed E-state index contributed by atoms with van der Waals surface area (Å²) in [6.45, 7) is 7.47. The van der Waals surface area contributed by atoms with Gasteiger partial charge in [0.2, 0.25) is 5.78 Å². The van der Waals surface area contributed by atoms with Crippen LogP contribution in [-0.4, -0.2) is 24.5 Å². The minimum absolute atomic E-state index is 0.168. The number of fused-ring (bicyclic) bond motifs is 1. The molecule has 0 spiro atoms. The molecule has 0 radical (unpaired) electrons. The van der Waals surface area contributed by atoms with E-state index in [2.05, 4.69) is 0 Å². The molecule has 5 heteroatoms. The van der Waals surface area contributed by atoms with Crippen molar-refractivity contribution in [1.29, 1.82) is 0 Å². The van der Waals surface area contributed by atoms with Gasteiger partial charge in [0.1, 0.15) is 11.5 Å². The van der Waals surface area contributed by atoms with Crippen molar-refractivity contribution in [2.24, 2.45) is 0 Å². The van der Waals surface area contributed by atoms with Crippen LogP contribution in [0.2, 0.25) is 0 Å². The van der Waals surface area contributed by atoms with Crippen molar-refractivity contribution in [3.8, 4) is 11.5 Å². The van der Waals surface area contributed by atoms with Crippen molar-refractivity contribution in [2.75, 3.05) is 6.61 Å². The van der Waals surface area contributed by atoms with Gasteiger partial charge in [0, 0.05) is 5.56 Å². The van der Waals surface area contributed by atoms with Gasteiger partial charge in [-0.15, -0.1) is 0 Å². The standard InChI is InChI=1S/C22H22O5/c1-5-25-22(24)15(4)26-18-11-10-17-20(23)19(27-21(17)14(18)3)12-16-8-6-13(2)7-9-16/h6-12,15H,5H2,1-4H3/b19-12-. The number of ether oxygens (including phenoxy) is 3. The van der Waals surface area contributed by atoms with Crippen LogP contribution in [0.3, 0.4) is 0 Å². The largest absolute Gasteiger partial charge is 0.479 e. The summed E-state index contributed by atoms with van der Waals surface area (Å²) in [6.07, 6.45) is 0.976. The second-order valence-electron chi connectivity index (χ2n) is 6.43. The zero-order chi connectivity index (χ0) is 19.6. The predicted octanol–water partition coefficient (Wildman–Crippen LogP) is 4.25. The van der Waals surface area contributed by atoms with Gasteiger partial charge in [-0.3, -0.25) is 4.79 Å². The Morgan fingerprint density at radius 2 is 1.85 bits per heavy atom. The van der Waals surface area contributed by atoms with E-state index in [1.54, 1.807) is 39.0 Å². The molecule has 1 atom stereocenters. The molecule has 1 heterocycles. The molecule has 0 aliphatic carbocycles. The van der Waals surface area contributed by atoms with Gasteiger partial charge in [-0.1, -0.05) is 29.8 Å². The summed E-state index contributed by atoms with van der Waals surface area (Å²) in [4.78, 5) is 24.4. The summed E-state index contributed by atoms with van der Waals surface area (Å²) in [7, 11) is 0. The van der Waals surface area contributed by atoms with Gasteiger partial charge in [0.25, 0.3) is 0 Å². The Balaban J connectivity index is 1.85. The van der Waals surface area contributed by atoms with Crippen molar-refractivity contribution >= 4 is 17.8 Å². The molecule has 1 aliphatic rings. The monoisotopic (exact) mass is 366 g/mol. The van der Waals surface area contributed by atoms with Gasteiger partial charge in [0.15, 0.2) is 11.9 Å². The molecule has 1 aliphatic heterocycles. The fraction of sp³-hybridized carbons (Fsp3) is 0.273. The number of hydrogen-bond donors (Lipinski definition) is 0. The number of aryl methyl sites for hydroxylation is 1. The molecule has 0 saturated carbocycles. The van der Waals surface area contributed by atoms with E-state index in [-0.39, 0.29) is 11.5 Å². The Morgan fingerprint density at radius 3 is 2.52 bits per heavy atom. The van der Waals surface area contributed by atoms with Crippen molar-refractivity contribution in [2.45, 2.75) is 33.8 Å². The Bertz CT molecular complexity index is 909. The number of carbonyl (C=O) groups is 2. The lowest BCUT2D eigenvalue weighted by Crippen LogP contribution is -2.26. The maximum Gasteiger partial charge on any atom is 0.347 e. The first kappa shape index (κ1) is 18.7. The van der Waals surface area contributed by atoms with Gasteiger partial charge in [-0.05, 0) is 51.5 Å². The summed E-state index contributed by atoms with van der Waals surface area (Å²) in [5.74, 6) is 0.617. The highest BCUT2D eigenvalue weighted by Crippen LogP contribution is 2.39. The smallest absolute Gasteiger partial charge is 0.347 e. The summed E-state index contributed by atoms with van der Waals surface area (Å²) < 4.78 is 16.5. The Labute approximate surface area is 158 Å². The minimum atomic E-state index is -0.749. The van der Waals surface area contributed by atoms with Crippen LogP contribution in [-0.2, 0) is 9.53 Å². The SMILES string of the molecule is CCOC(=O)C(C)Oc1ccc2c(c1C)O/C(=C\c1ccc(C)cc1)C2=O. The van der Waals surface area contributed by atoms with Crippen LogP contribution >= 0.6 is 0 Å². The predicted molar refractivity (Wildman–Crippen MR) is 102 cm³/mol. The fourth-order valence-electron chi connectivity index (χ4n) is 2.81. The zero-order valence-corrected chi connectivity index (χ0v) is 15.9. The van der Waals surface area contributed by atoms with Crippen molar-refractivity contribution in [1.82, 2.24) is 0 Å². The van der Waals surface area contributed by atoms with Crippen LogP contribution in [0.5, 0.6) is 11.5 Å². The summed E-state index contributed by atoms with van der Waals surface area (Å²) >= 11 is 0. The van der Waals surface area contributed by atoms with E-state index < -0.39 is 12.1 Å². The normalized spacial score (nSPS) is 15.3. The fourth-order valence-corrected chi connectivity index (χ4v) is 2.81. The number of ketones is 1. The first-order valence-corrected chi connectivity index (χ1v) is 8.88. The number of hydrogen-bond acceptors (Lipinski definition) is 5. The average molecular weight is 366 g/mol. The van der Waals surface area contributed by atoms with Gasteiger partial charge in [-0.2, -0.15) is 0 Å². The molecule has 2 aromatic rings. The molecule has 27 heavy (non-hydrogen) atoms. The van der Waals surface area contributed by atoms with E-state index in [1.807, 2.05) is 31.2 Å². The third-order valence-electron chi connectivity index (χ3n) is 4.33. The second kappa shape index (κ2) is 7.66. The zero-order valence-electron chi connectivity index (χ0n) is 15.9. The number of esters is 1. The van der Waals surface area contributed by atoms with Crippen LogP contribution in [0.15, 0.2) is 42.2 Å².